The van der Waals surface area contributed by atoms with E-state index in [9.17, 15) is 5.26 Å². The first-order valence-corrected chi connectivity index (χ1v) is 6.32. The predicted molar refractivity (Wildman–Crippen MR) is 73.8 cm³/mol. The minimum absolute atomic E-state index is 0.0198. The van der Waals surface area contributed by atoms with Crippen LogP contribution in [0.2, 0.25) is 5.02 Å². The molecule has 2 atom stereocenters. The lowest BCUT2D eigenvalue weighted by molar-refractivity contribution is 0.235. The van der Waals surface area contributed by atoms with Crippen molar-refractivity contribution in [2.45, 2.75) is 19.4 Å². The molecule has 18 heavy (non-hydrogen) atoms. The first-order chi connectivity index (χ1) is 8.54. The fourth-order valence-corrected chi connectivity index (χ4v) is 2.36. The zero-order valence-corrected chi connectivity index (χ0v) is 12.0. The van der Waals surface area contributed by atoms with Crippen molar-refractivity contribution in [3.63, 3.8) is 0 Å². The molecule has 0 amide bonds. The quantitative estimate of drug-likeness (QED) is 0.818. The number of hydrogen-bond donors (Lipinski definition) is 0. The van der Waals surface area contributed by atoms with Crippen LogP contribution in [0, 0.1) is 17.2 Å². The Morgan fingerprint density at radius 3 is 2.56 bits per heavy atom. The average Bonchev–Trinajstić information content (AvgIpc) is 2.35. The zero-order valence-electron chi connectivity index (χ0n) is 11.3. The van der Waals surface area contributed by atoms with E-state index in [-0.39, 0.29) is 12.0 Å². The monoisotopic (exact) mass is 266 g/mol. The molecule has 0 spiro atoms. The van der Waals surface area contributed by atoms with Gasteiger partial charge in [-0.25, -0.2) is 0 Å². The number of nitriles is 1. The van der Waals surface area contributed by atoms with E-state index in [0.29, 0.717) is 5.02 Å². The number of ether oxygens (including phenoxy) is 1. The van der Waals surface area contributed by atoms with Gasteiger partial charge in [-0.15, -0.1) is 0 Å². The van der Waals surface area contributed by atoms with E-state index in [1.807, 2.05) is 38.1 Å². The van der Waals surface area contributed by atoms with Crippen molar-refractivity contribution >= 4 is 11.6 Å². The molecule has 0 saturated heterocycles. The smallest absolute Gasteiger partial charge is 0.123 e. The maximum Gasteiger partial charge on any atom is 0.123 e. The molecular weight excluding hydrogens is 248 g/mol. The molecule has 1 rings (SSSR count). The van der Waals surface area contributed by atoms with Gasteiger partial charge in [0.1, 0.15) is 5.75 Å². The summed E-state index contributed by atoms with van der Waals surface area (Å²) in [5.41, 5.74) is 0.961. The molecule has 0 N–H and O–H groups in total. The summed E-state index contributed by atoms with van der Waals surface area (Å²) in [4.78, 5) is 2.03. The van der Waals surface area contributed by atoms with Crippen LogP contribution >= 0.6 is 11.6 Å². The van der Waals surface area contributed by atoms with Crippen molar-refractivity contribution in [1.82, 2.24) is 4.90 Å². The van der Waals surface area contributed by atoms with Gasteiger partial charge in [0.25, 0.3) is 0 Å². The fourth-order valence-electron chi connectivity index (χ4n) is 2.18. The molecule has 0 aliphatic rings. The summed E-state index contributed by atoms with van der Waals surface area (Å²) < 4.78 is 5.38. The molecule has 0 aliphatic heterocycles. The molecule has 0 aromatic heterocycles. The van der Waals surface area contributed by atoms with Gasteiger partial charge in [0.05, 0.1) is 25.1 Å². The standard InChI is InChI=1S/C14H19ClN2O/c1-5-10(9-16)14(17(2)3)12-8-11(15)6-7-13(12)18-4/h6-8,10,14H,5H2,1-4H3. The molecule has 4 heteroatoms. The van der Waals surface area contributed by atoms with E-state index in [1.54, 1.807) is 13.2 Å². The van der Waals surface area contributed by atoms with Crippen molar-refractivity contribution in [3.05, 3.63) is 28.8 Å². The van der Waals surface area contributed by atoms with E-state index < -0.39 is 0 Å². The third kappa shape index (κ3) is 3.16. The minimum Gasteiger partial charge on any atom is -0.496 e. The summed E-state index contributed by atoms with van der Waals surface area (Å²) in [7, 11) is 5.56. The van der Waals surface area contributed by atoms with E-state index in [1.165, 1.54) is 0 Å². The number of benzene rings is 1. The zero-order chi connectivity index (χ0) is 13.7. The second kappa shape index (κ2) is 6.63. The van der Waals surface area contributed by atoms with Crippen LogP contribution in [0.1, 0.15) is 24.9 Å². The Balaban J connectivity index is 3.29. The Hall–Kier alpha value is -1.24. The van der Waals surface area contributed by atoms with Crippen molar-refractivity contribution in [2.75, 3.05) is 21.2 Å². The van der Waals surface area contributed by atoms with Gasteiger partial charge in [-0.2, -0.15) is 5.26 Å². The second-order valence-electron chi connectivity index (χ2n) is 4.44. The topological polar surface area (TPSA) is 36.3 Å². The largest absolute Gasteiger partial charge is 0.496 e. The third-order valence-corrected chi connectivity index (χ3v) is 3.29. The fraction of sp³-hybridized carbons (Fsp3) is 0.500. The van der Waals surface area contributed by atoms with E-state index in [4.69, 9.17) is 16.3 Å². The highest BCUT2D eigenvalue weighted by atomic mass is 35.5. The van der Waals surface area contributed by atoms with E-state index >= 15 is 0 Å². The molecule has 0 saturated carbocycles. The summed E-state index contributed by atoms with van der Waals surface area (Å²) in [5.74, 6) is 0.680. The van der Waals surface area contributed by atoms with Gasteiger partial charge in [-0.05, 0) is 38.7 Å². The molecular formula is C14H19ClN2O. The number of methoxy groups -OCH3 is 1. The molecule has 2 unspecified atom stereocenters. The number of nitrogens with zero attached hydrogens (tertiary/aromatic N) is 2. The summed E-state index contributed by atoms with van der Waals surface area (Å²) in [6, 6.07) is 7.86. The van der Waals surface area contributed by atoms with E-state index in [2.05, 4.69) is 6.07 Å². The molecule has 1 aromatic rings. The molecule has 3 nitrogen and oxygen atoms in total. The molecule has 0 aliphatic carbocycles. The third-order valence-electron chi connectivity index (χ3n) is 3.05. The van der Waals surface area contributed by atoms with Crippen LogP contribution in [-0.2, 0) is 0 Å². The number of hydrogen-bond acceptors (Lipinski definition) is 3. The molecule has 0 bridgehead atoms. The van der Waals surface area contributed by atoms with Crippen LogP contribution in [-0.4, -0.2) is 26.1 Å². The predicted octanol–water partition coefficient (Wildman–Crippen LogP) is 3.50. The van der Waals surface area contributed by atoms with Gasteiger partial charge < -0.3 is 9.64 Å². The van der Waals surface area contributed by atoms with Crippen LogP contribution in [0.4, 0.5) is 0 Å². The molecule has 1 aromatic carbocycles. The summed E-state index contributed by atoms with van der Waals surface area (Å²) in [6.45, 7) is 2.02. The first-order valence-electron chi connectivity index (χ1n) is 5.94. The minimum atomic E-state index is -0.0904. The SMILES string of the molecule is CCC(C#N)C(c1cc(Cl)ccc1OC)N(C)C. The van der Waals surface area contributed by atoms with Crippen molar-refractivity contribution in [3.8, 4) is 11.8 Å². The van der Waals surface area contributed by atoms with Crippen molar-refractivity contribution < 1.29 is 4.74 Å². The maximum atomic E-state index is 9.29. The van der Waals surface area contributed by atoms with E-state index in [0.717, 1.165) is 17.7 Å². The van der Waals surface area contributed by atoms with Crippen LogP contribution in [0.25, 0.3) is 0 Å². The van der Waals surface area contributed by atoms with Crippen LogP contribution < -0.4 is 4.74 Å². The van der Waals surface area contributed by atoms with Gasteiger partial charge in [0.2, 0.25) is 0 Å². The van der Waals surface area contributed by atoms with Crippen LogP contribution in [0.15, 0.2) is 18.2 Å². The summed E-state index contributed by atoms with van der Waals surface area (Å²) in [5, 5.41) is 9.95. The van der Waals surface area contributed by atoms with Crippen LogP contribution in [0.5, 0.6) is 5.75 Å². The summed E-state index contributed by atoms with van der Waals surface area (Å²) in [6.07, 6.45) is 0.787. The molecule has 0 heterocycles. The Kier molecular flexibility index (Phi) is 5.46. The number of halogens is 1. The highest BCUT2D eigenvalue weighted by molar-refractivity contribution is 6.30. The maximum absolute atomic E-state index is 9.29. The normalized spacial score (nSPS) is 14.1. The highest BCUT2D eigenvalue weighted by Gasteiger charge is 2.26. The number of rotatable bonds is 5. The van der Waals surface area contributed by atoms with Gasteiger partial charge in [-0.1, -0.05) is 18.5 Å². The highest BCUT2D eigenvalue weighted by Crippen LogP contribution is 2.36. The lowest BCUT2D eigenvalue weighted by atomic mass is 9.90. The van der Waals surface area contributed by atoms with Gasteiger partial charge in [0.15, 0.2) is 0 Å². The van der Waals surface area contributed by atoms with Crippen LogP contribution in [0.3, 0.4) is 0 Å². The van der Waals surface area contributed by atoms with Gasteiger partial charge in [0, 0.05) is 10.6 Å². The first kappa shape index (κ1) is 14.8. The van der Waals surface area contributed by atoms with Crippen molar-refractivity contribution in [2.24, 2.45) is 5.92 Å². The Morgan fingerprint density at radius 2 is 2.11 bits per heavy atom. The summed E-state index contributed by atoms with van der Waals surface area (Å²) >= 11 is 6.06. The average molecular weight is 267 g/mol. The lowest BCUT2D eigenvalue weighted by Crippen LogP contribution is -2.27. The van der Waals surface area contributed by atoms with Gasteiger partial charge in [-0.3, -0.25) is 0 Å². The molecule has 98 valence electrons. The van der Waals surface area contributed by atoms with Crippen molar-refractivity contribution in [1.29, 1.82) is 5.26 Å². The second-order valence-corrected chi connectivity index (χ2v) is 4.87. The molecule has 0 fully saturated rings. The molecule has 0 radical (unpaired) electrons. The van der Waals surface area contributed by atoms with Gasteiger partial charge >= 0.3 is 0 Å². The Morgan fingerprint density at radius 1 is 1.44 bits per heavy atom. The Bertz CT molecular complexity index is 440. The Labute approximate surface area is 114 Å². The lowest BCUT2D eigenvalue weighted by Gasteiger charge is -2.29.